The fourth-order valence-corrected chi connectivity index (χ4v) is 1.92. The lowest BCUT2D eigenvalue weighted by Crippen LogP contribution is -2.70. The van der Waals surface area contributed by atoms with Crippen LogP contribution in [-0.2, 0) is 4.74 Å². The van der Waals surface area contributed by atoms with E-state index in [0.29, 0.717) is 5.41 Å². The first-order valence-electron chi connectivity index (χ1n) is 4.47. The monoisotopic (exact) mass is 156 g/mol. The van der Waals surface area contributed by atoms with E-state index < -0.39 is 0 Å². The predicted molar refractivity (Wildman–Crippen MR) is 47.6 cm³/mol. The third kappa shape index (κ3) is 0.868. The van der Waals surface area contributed by atoms with Crippen LogP contribution in [0.25, 0.3) is 0 Å². The summed E-state index contributed by atoms with van der Waals surface area (Å²) in [6, 6.07) is 0. The molecule has 1 aliphatic rings. The molecule has 1 unspecified atom stereocenters. The maximum atomic E-state index is 5.88. The predicted octanol–water partition coefficient (Wildman–Crippen LogP) is 2.99. The first kappa shape index (κ1) is 9.05. The van der Waals surface area contributed by atoms with E-state index in [1.165, 1.54) is 0 Å². The Morgan fingerprint density at radius 2 is 1.45 bits per heavy atom. The Balaban J connectivity index is 2.84. The highest BCUT2D eigenvalue weighted by molar-refractivity contribution is 5.10. The van der Waals surface area contributed by atoms with Gasteiger partial charge >= 0.3 is 0 Å². The molecule has 1 saturated heterocycles. The van der Waals surface area contributed by atoms with Gasteiger partial charge in [0, 0.05) is 5.41 Å². The highest BCUT2D eigenvalue weighted by atomic mass is 16.6. The zero-order valence-electron chi connectivity index (χ0n) is 8.62. The van der Waals surface area contributed by atoms with Crippen LogP contribution in [0.4, 0.5) is 0 Å². The van der Waals surface area contributed by atoms with Gasteiger partial charge in [0.25, 0.3) is 0 Å². The van der Waals surface area contributed by atoms with Gasteiger partial charge in [-0.25, -0.2) is 0 Å². The Labute approximate surface area is 70.1 Å². The van der Waals surface area contributed by atoms with E-state index in [-0.39, 0.29) is 11.2 Å². The maximum Gasteiger partial charge on any atom is 0.0737 e. The van der Waals surface area contributed by atoms with Gasteiger partial charge in [0.1, 0.15) is 0 Å². The highest BCUT2D eigenvalue weighted by Gasteiger charge is 2.62. The molecular weight excluding hydrogens is 136 g/mol. The molecule has 11 heavy (non-hydrogen) atoms. The van der Waals surface area contributed by atoms with Crippen molar-refractivity contribution >= 4 is 0 Å². The first-order chi connectivity index (χ1) is 4.77. The molecule has 0 aromatic rings. The number of hydrogen-bond donors (Lipinski definition) is 0. The van der Waals surface area contributed by atoms with Gasteiger partial charge in [-0.15, -0.1) is 0 Å². The molecule has 0 aromatic heterocycles. The minimum atomic E-state index is 0.0533. The lowest BCUT2D eigenvalue weighted by Gasteiger charge is -2.65. The van der Waals surface area contributed by atoms with Crippen molar-refractivity contribution in [1.29, 1.82) is 0 Å². The van der Waals surface area contributed by atoms with Crippen molar-refractivity contribution in [2.24, 2.45) is 5.41 Å². The number of rotatable bonds is 1. The van der Waals surface area contributed by atoms with Gasteiger partial charge in [0.05, 0.1) is 11.2 Å². The lowest BCUT2D eigenvalue weighted by molar-refractivity contribution is -0.348. The molecule has 0 spiro atoms. The summed E-state index contributed by atoms with van der Waals surface area (Å²) in [5.74, 6) is 0. The summed E-state index contributed by atoms with van der Waals surface area (Å²) in [7, 11) is 0. The summed E-state index contributed by atoms with van der Waals surface area (Å²) in [5, 5.41) is 0. The van der Waals surface area contributed by atoms with Crippen molar-refractivity contribution in [3.05, 3.63) is 0 Å². The normalized spacial score (nSPS) is 39.8. The quantitative estimate of drug-likeness (QED) is 0.567. The minimum Gasteiger partial charge on any atom is -0.368 e. The van der Waals surface area contributed by atoms with Crippen LogP contribution < -0.4 is 0 Å². The molecule has 1 nitrogen and oxygen atoms in total. The second-order valence-electron chi connectivity index (χ2n) is 4.82. The maximum absolute atomic E-state index is 5.88. The van der Waals surface area contributed by atoms with Crippen LogP contribution in [0.1, 0.15) is 48.0 Å². The van der Waals surface area contributed by atoms with Gasteiger partial charge in [-0.05, 0) is 27.2 Å². The average molecular weight is 156 g/mol. The van der Waals surface area contributed by atoms with Crippen molar-refractivity contribution in [3.63, 3.8) is 0 Å². The van der Waals surface area contributed by atoms with Crippen LogP contribution in [-0.4, -0.2) is 11.2 Å². The third-order valence-corrected chi connectivity index (χ3v) is 3.98. The molecule has 1 fully saturated rings. The van der Waals surface area contributed by atoms with Gasteiger partial charge in [-0.2, -0.15) is 0 Å². The van der Waals surface area contributed by atoms with Crippen LogP contribution >= 0.6 is 0 Å². The van der Waals surface area contributed by atoms with Gasteiger partial charge in [-0.3, -0.25) is 0 Å². The number of ether oxygens (including phenoxy) is 1. The average Bonchev–Trinajstić information content (AvgIpc) is 1.86. The highest BCUT2D eigenvalue weighted by Crippen LogP contribution is 2.57. The Kier molecular flexibility index (Phi) is 1.65. The standard InChI is InChI=1S/C10H20O/c1-7-10(6)8(2,3)9(4,5)11-10/h7H2,1-6H3. The Hall–Kier alpha value is -0.0400. The molecular formula is C10H20O. The lowest BCUT2D eigenvalue weighted by atomic mass is 9.59. The zero-order valence-corrected chi connectivity index (χ0v) is 8.62. The van der Waals surface area contributed by atoms with E-state index in [1.807, 2.05) is 0 Å². The molecule has 1 rings (SSSR count). The summed E-state index contributed by atoms with van der Waals surface area (Å²) >= 11 is 0. The molecule has 66 valence electrons. The van der Waals surface area contributed by atoms with Gasteiger partial charge in [0.15, 0.2) is 0 Å². The molecule has 0 saturated carbocycles. The Bertz CT molecular complexity index is 170. The molecule has 1 atom stereocenters. The van der Waals surface area contributed by atoms with Crippen molar-refractivity contribution in [1.82, 2.24) is 0 Å². The summed E-state index contributed by atoms with van der Waals surface area (Å²) in [5.41, 5.74) is 0.447. The molecule has 1 aliphatic heterocycles. The molecule has 1 heteroatoms. The molecule has 0 bridgehead atoms. The molecule has 0 aliphatic carbocycles. The second kappa shape index (κ2) is 2.01. The fraction of sp³-hybridized carbons (Fsp3) is 1.00. The van der Waals surface area contributed by atoms with E-state index >= 15 is 0 Å². The van der Waals surface area contributed by atoms with Crippen molar-refractivity contribution < 1.29 is 4.74 Å². The molecule has 1 heterocycles. The number of hydrogen-bond acceptors (Lipinski definition) is 1. The van der Waals surface area contributed by atoms with Crippen LogP contribution in [0.2, 0.25) is 0 Å². The van der Waals surface area contributed by atoms with E-state index in [9.17, 15) is 0 Å². The van der Waals surface area contributed by atoms with Crippen molar-refractivity contribution in [2.45, 2.75) is 59.2 Å². The molecule has 0 N–H and O–H groups in total. The Morgan fingerprint density at radius 1 is 1.00 bits per heavy atom. The summed E-state index contributed by atoms with van der Waals surface area (Å²) in [6.45, 7) is 13.3. The third-order valence-electron chi connectivity index (χ3n) is 3.98. The second-order valence-corrected chi connectivity index (χ2v) is 4.82. The summed E-state index contributed by atoms with van der Waals surface area (Å²) < 4.78 is 5.88. The van der Waals surface area contributed by atoms with Crippen LogP contribution in [0.3, 0.4) is 0 Å². The molecule has 0 amide bonds. The van der Waals surface area contributed by atoms with Crippen LogP contribution in [0, 0.1) is 5.41 Å². The summed E-state index contributed by atoms with van der Waals surface area (Å²) in [4.78, 5) is 0. The summed E-state index contributed by atoms with van der Waals surface area (Å²) in [6.07, 6.45) is 1.10. The van der Waals surface area contributed by atoms with E-state index in [0.717, 1.165) is 6.42 Å². The van der Waals surface area contributed by atoms with Gasteiger partial charge in [-0.1, -0.05) is 20.8 Å². The zero-order chi connectivity index (χ0) is 8.91. The molecule has 0 aromatic carbocycles. The van der Waals surface area contributed by atoms with Gasteiger partial charge < -0.3 is 4.74 Å². The van der Waals surface area contributed by atoms with Crippen LogP contribution in [0.5, 0.6) is 0 Å². The van der Waals surface area contributed by atoms with Crippen molar-refractivity contribution in [2.75, 3.05) is 0 Å². The Morgan fingerprint density at radius 3 is 1.55 bits per heavy atom. The SMILES string of the molecule is CCC1(C)OC(C)(C)C1(C)C. The van der Waals surface area contributed by atoms with Crippen molar-refractivity contribution in [3.8, 4) is 0 Å². The van der Waals surface area contributed by atoms with E-state index in [4.69, 9.17) is 4.74 Å². The fourth-order valence-electron chi connectivity index (χ4n) is 1.92. The largest absolute Gasteiger partial charge is 0.368 e. The van der Waals surface area contributed by atoms with Gasteiger partial charge in [0.2, 0.25) is 0 Å². The van der Waals surface area contributed by atoms with E-state index in [1.54, 1.807) is 0 Å². The van der Waals surface area contributed by atoms with E-state index in [2.05, 4.69) is 41.5 Å². The first-order valence-corrected chi connectivity index (χ1v) is 4.47. The smallest absolute Gasteiger partial charge is 0.0737 e. The van der Waals surface area contributed by atoms with Crippen LogP contribution in [0.15, 0.2) is 0 Å². The topological polar surface area (TPSA) is 9.23 Å². The molecule has 0 radical (unpaired) electrons. The minimum absolute atomic E-state index is 0.0533.